The monoisotopic (exact) mass is 238 g/mol. The molecule has 3 nitrogen and oxygen atoms in total. The highest BCUT2D eigenvalue weighted by Gasteiger charge is 2.54. The molecule has 1 heterocycles. The second-order valence-electron chi connectivity index (χ2n) is 5.94. The van der Waals surface area contributed by atoms with Gasteiger partial charge in [0.05, 0.1) is 0 Å². The van der Waals surface area contributed by atoms with Gasteiger partial charge in [0, 0.05) is 25.0 Å². The van der Waals surface area contributed by atoms with Crippen LogP contribution in [0.25, 0.3) is 0 Å². The standard InChI is InChI=1S/C14H26N2O/c1-4-8-16(11-6-7-15-10-11)13(17)12-9-14(12,3)5-2/h11-12,15H,4-10H2,1-3H3. The van der Waals surface area contributed by atoms with Crippen molar-refractivity contribution in [3.8, 4) is 0 Å². The van der Waals surface area contributed by atoms with Crippen LogP contribution in [0.5, 0.6) is 0 Å². The zero-order valence-corrected chi connectivity index (χ0v) is 11.5. The first-order valence-corrected chi connectivity index (χ1v) is 7.13. The van der Waals surface area contributed by atoms with Gasteiger partial charge in [-0.3, -0.25) is 4.79 Å². The molecule has 2 rings (SSSR count). The van der Waals surface area contributed by atoms with E-state index in [0.29, 0.717) is 23.3 Å². The summed E-state index contributed by atoms with van der Waals surface area (Å²) in [6.45, 7) is 9.60. The summed E-state index contributed by atoms with van der Waals surface area (Å²) in [5.41, 5.74) is 0.301. The Hall–Kier alpha value is -0.570. The first-order chi connectivity index (χ1) is 8.12. The molecule has 98 valence electrons. The largest absolute Gasteiger partial charge is 0.338 e. The molecule has 1 aliphatic carbocycles. The Bertz CT molecular complexity index is 286. The summed E-state index contributed by atoms with van der Waals surface area (Å²) in [6.07, 6.45) is 4.42. The zero-order chi connectivity index (χ0) is 12.5. The summed E-state index contributed by atoms with van der Waals surface area (Å²) in [4.78, 5) is 14.7. The van der Waals surface area contributed by atoms with Gasteiger partial charge in [0.1, 0.15) is 0 Å². The van der Waals surface area contributed by atoms with Crippen LogP contribution in [-0.2, 0) is 4.79 Å². The fourth-order valence-electron chi connectivity index (χ4n) is 3.00. The molecule has 2 fully saturated rings. The normalized spacial score (nSPS) is 35.9. The van der Waals surface area contributed by atoms with Gasteiger partial charge < -0.3 is 10.2 Å². The first kappa shape index (κ1) is 12.9. The number of rotatable bonds is 5. The van der Waals surface area contributed by atoms with Crippen molar-refractivity contribution in [2.45, 2.75) is 52.5 Å². The molecule has 0 aromatic carbocycles. The molecule has 3 unspecified atom stereocenters. The van der Waals surface area contributed by atoms with Gasteiger partial charge in [-0.25, -0.2) is 0 Å². The van der Waals surface area contributed by atoms with Crippen LogP contribution in [0.1, 0.15) is 46.5 Å². The van der Waals surface area contributed by atoms with Crippen molar-refractivity contribution in [2.24, 2.45) is 11.3 Å². The lowest BCUT2D eigenvalue weighted by molar-refractivity contribution is -0.135. The van der Waals surface area contributed by atoms with Gasteiger partial charge in [-0.2, -0.15) is 0 Å². The van der Waals surface area contributed by atoms with Crippen LogP contribution in [-0.4, -0.2) is 36.5 Å². The third kappa shape index (κ3) is 2.49. The lowest BCUT2D eigenvalue weighted by Crippen LogP contribution is -2.43. The van der Waals surface area contributed by atoms with Gasteiger partial charge >= 0.3 is 0 Å². The Morgan fingerprint density at radius 3 is 2.71 bits per heavy atom. The number of amides is 1. The van der Waals surface area contributed by atoms with Gasteiger partial charge in [0.2, 0.25) is 5.91 Å². The molecule has 3 heteroatoms. The van der Waals surface area contributed by atoms with Crippen LogP contribution >= 0.6 is 0 Å². The van der Waals surface area contributed by atoms with Crippen LogP contribution in [0, 0.1) is 11.3 Å². The summed E-state index contributed by atoms with van der Waals surface area (Å²) in [6, 6.07) is 0.448. The number of nitrogens with zero attached hydrogens (tertiary/aromatic N) is 1. The van der Waals surface area contributed by atoms with Crippen LogP contribution in [0.4, 0.5) is 0 Å². The van der Waals surface area contributed by atoms with E-state index in [9.17, 15) is 4.79 Å². The molecule has 17 heavy (non-hydrogen) atoms. The SMILES string of the molecule is CCCN(C(=O)C1CC1(C)CC)C1CCNC1. The summed E-state index contributed by atoms with van der Waals surface area (Å²) in [5, 5.41) is 3.37. The van der Waals surface area contributed by atoms with Gasteiger partial charge in [-0.05, 0) is 37.6 Å². The van der Waals surface area contributed by atoms with Crippen LogP contribution in [0.3, 0.4) is 0 Å². The van der Waals surface area contributed by atoms with Crippen molar-refractivity contribution in [1.82, 2.24) is 10.2 Å². The lowest BCUT2D eigenvalue weighted by atomic mass is 10.0. The van der Waals surface area contributed by atoms with Gasteiger partial charge in [0.15, 0.2) is 0 Å². The third-order valence-electron chi connectivity index (χ3n) is 4.68. The quantitative estimate of drug-likeness (QED) is 0.795. The van der Waals surface area contributed by atoms with E-state index in [4.69, 9.17) is 0 Å². The molecule has 1 N–H and O–H groups in total. The Labute approximate surface area is 105 Å². The van der Waals surface area contributed by atoms with Crippen molar-refractivity contribution < 1.29 is 4.79 Å². The summed E-state index contributed by atoms with van der Waals surface area (Å²) >= 11 is 0. The van der Waals surface area contributed by atoms with Crippen LogP contribution < -0.4 is 5.32 Å². The van der Waals surface area contributed by atoms with Crippen molar-refractivity contribution in [3.63, 3.8) is 0 Å². The lowest BCUT2D eigenvalue weighted by Gasteiger charge is -2.29. The maximum atomic E-state index is 12.6. The molecule has 0 radical (unpaired) electrons. The fraction of sp³-hybridized carbons (Fsp3) is 0.929. The maximum Gasteiger partial charge on any atom is 0.226 e. The number of nitrogens with one attached hydrogen (secondary N) is 1. The molecule has 2 aliphatic rings. The van der Waals surface area contributed by atoms with Gasteiger partial charge in [-0.15, -0.1) is 0 Å². The van der Waals surface area contributed by atoms with Crippen molar-refractivity contribution in [1.29, 1.82) is 0 Å². The highest BCUT2D eigenvalue weighted by molar-refractivity contribution is 5.83. The summed E-state index contributed by atoms with van der Waals surface area (Å²) < 4.78 is 0. The molecule has 3 atom stereocenters. The highest BCUT2D eigenvalue weighted by Crippen LogP contribution is 2.55. The number of hydrogen-bond donors (Lipinski definition) is 1. The second kappa shape index (κ2) is 4.97. The second-order valence-corrected chi connectivity index (χ2v) is 5.94. The molecular formula is C14H26N2O. The Balaban J connectivity index is 1.98. The van der Waals surface area contributed by atoms with E-state index >= 15 is 0 Å². The van der Waals surface area contributed by atoms with E-state index in [1.807, 2.05) is 0 Å². The van der Waals surface area contributed by atoms with Crippen molar-refractivity contribution >= 4 is 5.91 Å². The molecular weight excluding hydrogens is 212 g/mol. The molecule has 1 aliphatic heterocycles. The van der Waals surface area contributed by atoms with Gasteiger partial charge in [-0.1, -0.05) is 20.8 Å². The predicted molar refractivity (Wildman–Crippen MR) is 69.8 cm³/mol. The van der Waals surface area contributed by atoms with Crippen molar-refractivity contribution in [3.05, 3.63) is 0 Å². The van der Waals surface area contributed by atoms with E-state index < -0.39 is 0 Å². The first-order valence-electron chi connectivity index (χ1n) is 7.13. The smallest absolute Gasteiger partial charge is 0.226 e. The fourth-order valence-corrected chi connectivity index (χ4v) is 3.00. The molecule has 0 spiro atoms. The molecule has 0 aromatic rings. The minimum Gasteiger partial charge on any atom is -0.338 e. The Morgan fingerprint density at radius 2 is 2.24 bits per heavy atom. The van der Waals surface area contributed by atoms with Crippen molar-refractivity contribution in [2.75, 3.05) is 19.6 Å². The molecule has 1 amide bonds. The van der Waals surface area contributed by atoms with E-state index in [-0.39, 0.29) is 0 Å². The third-order valence-corrected chi connectivity index (χ3v) is 4.68. The van der Waals surface area contributed by atoms with E-state index in [1.165, 1.54) is 0 Å². The van der Waals surface area contributed by atoms with Crippen LogP contribution in [0.15, 0.2) is 0 Å². The summed E-state index contributed by atoms with van der Waals surface area (Å²) in [5.74, 6) is 0.726. The van der Waals surface area contributed by atoms with E-state index in [1.54, 1.807) is 0 Å². The maximum absolute atomic E-state index is 12.6. The predicted octanol–water partition coefficient (Wildman–Crippen LogP) is 2.02. The zero-order valence-electron chi connectivity index (χ0n) is 11.5. The minimum atomic E-state index is 0.301. The Morgan fingerprint density at radius 1 is 1.47 bits per heavy atom. The number of carbonyl (C=O) groups is 1. The topological polar surface area (TPSA) is 32.3 Å². The number of carbonyl (C=O) groups excluding carboxylic acids is 1. The molecule has 1 saturated carbocycles. The molecule has 0 aromatic heterocycles. The van der Waals surface area contributed by atoms with Gasteiger partial charge in [0.25, 0.3) is 0 Å². The highest BCUT2D eigenvalue weighted by atomic mass is 16.2. The van der Waals surface area contributed by atoms with Crippen LogP contribution in [0.2, 0.25) is 0 Å². The average Bonchev–Trinajstić information content (AvgIpc) is 2.78. The molecule has 0 bridgehead atoms. The van der Waals surface area contributed by atoms with E-state index in [0.717, 1.165) is 45.3 Å². The Kier molecular flexibility index (Phi) is 3.76. The molecule has 1 saturated heterocycles. The van der Waals surface area contributed by atoms with E-state index in [2.05, 4.69) is 31.0 Å². The number of hydrogen-bond acceptors (Lipinski definition) is 2. The minimum absolute atomic E-state index is 0.301. The summed E-state index contributed by atoms with van der Waals surface area (Å²) in [7, 11) is 0. The average molecular weight is 238 g/mol.